The zero-order valence-corrected chi connectivity index (χ0v) is 14.1. The Labute approximate surface area is 143 Å². The summed E-state index contributed by atoms with van der Waals surface area (Å²) in [5, 5.41) is 15.1. The number of hydrogen-bond acceptors (Lipinski definition) is 5. The molecule has 1 aliphatic heterocycles. The molecule has 126 valence electrons. The fourth-order valence-electron chi connectivity index (χ4n) is 2.72. The van der Waals surface area contributed by atoms with Crippen molar-refractivity contribution in [1.82, 2.24) is 10.3 Å². The van der Waals surface area contributed by atoms with Gasteiger partial charge >= 0.3 is 5.97 Å². The van der Waals surface area contributed by atoms with Crippen LogP contribution in [0.4, 0.5) is 0 Å². The molecule has 1 aromatic carbocycles. The van der Waals surface area contributed by atoms with Gasteiger partial charge in [0.2, 0.25) is 0 Å². The van der Waals surface area contributed by atoms with Crippen LogP contribution in [0, 0.1) is 6.92 Å². The molecule has 3 rings (SSSR count). The Hall–Kier alpha value is -2.25. The second-order valence-electron chi connectivity index (χ2n) is 5.79. The van der Waals surface area contributed by atoms with Crippen molar-refractivity contribution in [2.75, 3.05) is 13.2 Å². The van der Waals surface area contributed by atoms with Gasteiger partial charge in [0.15, 0.2) is 0 Å². The number of aromatic nitrogens is 1. The minimum Gasteiger partial charge on any atom is -0.480 e. The summed E-state index contributed by atoms with van der Waals surface area (Å²) in [7, 11) is 0. The van der Waals surface area contributed by atoms with Gasteiger partial charge in [0.1, 0.15) is 5.54 Å². The minimum atomic E-state index is -1.26. The van der Waals surface area contributed by atoms with E-state index in [4.69, 9.17) is 4.74 Å². The van der Waals surface area contributed by atoms with Gasteiger partial charge in [-0.1, -0.05) is 12.1 Å². The Morgan fingerprint density at radius 3 is 2.71 bits per heavy atom. The predicted octanol–water partition coefficient (Wildman–Crippen LogP) is 2.48. The average molecular weight is 346 g/mol. The summed E-state index contributed by atoms with van der Waals surface area (Å²) < 4.78 is 5.22. The first-order valence-electron chi connectivity index (χ1n) is 7.66. The number of carbonyl (C=O) groups is 2. The van der Waals surface area contributed by atoms with Gasteiger partial charge in [-0.2, -0.15) is 0 Å². The molecule has 0 spiro atoms. The molecular weight excluding hydrogens is 328 g/mol. The zero-order valence-electron chi connectivity index (χ0n) is 13.2. The molecule has 2 aromatic rings. The number of carboxylic acid groups (broad SMARTS) is 1. The lowest BCUT2D eigenvalue weighted by Gasteiger charge is -2.33. The van der Waals surface area contributed by atoms with Gasteiger partial charge in [0, 0.05) is 42.6 Å². The van der Waals surface area contributed by atoms with Gasteiger partial charge in [-0.05, 0) is 19.1 Å². The van der Waals surface area contributed by atoms with E-state index in [1.807, 2.05) is 18.4 Å². The van der Waals surface area contributed by atoms with Gasteiger partial charge in [-0.3, -0.25) is 4.79 Å². The van der Waals surface area contributed by atoms with Crippen molar-refractivity contribution in [3.05, 3.63) is 40.2 Å². The molecule has 0 radical (unpaired) electrons. The van der Waals surface area contributed by atoms with E-state index in [0.29, 0.717) is 18.8 Å². The number of ether oxygens (including phenoxy) is 1. The highest BCUT2D eigenvalue weighted by atomic mass is 32.1. The summed E-state index contributed by atoms with van der Waals surface area (Å²) in [5.41, 5.74) is 0.808. The minimum absolute atomic E-state index is 0.263. The van der Waals surface area contributed by atoms with E-state index in [2.05, 4.69) is 10.3 Å². The first kappa shape index (κ1) is 16.6. The van der Waals surface area contributed by atoms with Gasteiger partial charge in [-0.15, -0.1) is 11.3 Å². The van der Waals surface area contributed by atoms with Crippen molar-refractivity contribution < 1.29 is 19.4 Å². The number of carbonyl (C=O) groups excluding carboxylic acids is 1. The number of hydrogen-bond donors (Lipinski definition) is 2. The maximum absolute atomic E-state index is 12.6. The predicted molar refractivity (Wildman–Crippen MR) is 90.2 cm³/mol. The molecule has 0 atom stereocenters. The van der Waals surface area contributed by atoms with Crippen molar-refractivity contribution in [3.8, 4) is 11.3 Å². The summed E-state index contributed by atoms with van der Waals surface area (Å²) in [4.78, 5) is 28.6. The van der Waals surface area contributed by atoms with E-state index < -0.39 is 17.4 Å². The highest BCUT2D eigenvalue weighted by Gasteiger charge is 2.41. The average Bonchev–Trinajstić information content (AvgIpc) is 3.02. The molecule has 2 N–H and O–H groups in total. The van der Waals surface area contributed by atoms with E-state index in [-0.39, 0.29) is 12.8 Å². The third-order valence-electron chi connectivity index (χ3n) is 4.15. The molecule has 1 fully saturated rings. The van der Waals surface area contributed by atoms with Gasteiger partial charge in [-0.25, -0.2) is 9.78 Å². The zero-order chi connectivity index (χ0) is 17.2. The van der Waals surface area contributed by atoms with Crippen LogP contribution in [0.25, 0.3) is 11.3 Å². The molecule has 0 unspecified atom stereocenters. The maximum atomic E-state index is 12.6. The molecule has 1 aromatic heterocycles. The van der Waals surface area contributed by atoms with E-state index >= 15 is 0 Å². The molecule has 0 bridgehead atoms. The number of carboxylic acids is 1. The number of nitrogens with one attached hydrogen (secondary N) is 1. The van der Waals surface area contributed by atoms with Crippen molar-refractivity contribution in [3.63, 3.8) is 0 Å². The maximum Gasteiger partial charge on any atom is 0.329 e. The fourth-order valence-corrected chi connectivity index (χ4v) is 3.34. The van der Waals surface area contributed by atoms with E-state index in [1.54, 1.807) is 29.5 Å². The quantitative estimate of drug-likeness (QED) is 0.888. The Bertz CT molecular complexity index is 765. The number of amides is 1. The number of nitrogens with zero attached hydrogens (tertiary/aromatic N) is 1. The second-order valence-corrected chi connectivity index (χ2v) is 6.85. The molecule has 1 saturated heterocycles. The fraction of sp³-hybridized carbons (Fsp3) is 0.353. The smallest absolute Gasteiger partial charge is 0.329 e. The lowest BCUT2D eigenvalue weighted by atomic mass is 9.89. The van der Waals surface area contributed by atoms with Crippen LogP contribution in [0.5, 0.6) is 0 Å². The first-order valence-corrected chi connectivity index (χ1v) is 8.54. The summed E-state index contributed by atoms with van der Waals surface area (Å²) in [6.07, 6.45) is 0.526. The Morgan fingerprint density at radius 1 is 1.33 bits per heavy atom. The van der Waals surface area contributed by atoms with Crippen LogP contribution in [-0.4, -0.2) is 40.7 Å². The lowest BCUT2D eigenvalue weighted by molar-refractivity contribution is -0.148. The SMILES string of the molecule is Cc1nc(-c2cccc(C(=O)NC3(C(=O)O)CCOCC3)c2)cs1. The van der Waals surface area contributed by atoms with Crippen molar-refractivity contribution in [2.45, 2.75) is 25.3 Å². The standard InChI is InChI=1S/C17H18N2O4S/c1-11-18-14(10-24-11)12-3-2-4-13(9-12)15(20)19-17(16(21)22)5-7-23-8-6-17/h2-4,9-10H,5-8H2,1H3,(H,19,20)(H,21,22). The Balaban J connectivity index is 1.83. The monoisotopic (exact) mass is 346 g/mol. The molecular formula is C17H18N2O4S. The van der Waals surface area contributed by atoms with Crippen molar-refractivity contribution in [2.24, 2.45) is 0 Å². The number of rotatable bonds is 4. The largest absolute Gasteiger partial charge is 0.480 e. The first-order chi connectivity index (χ1) is 11.5. The van der Waals surface area contributed by atoms with Crippen molar-refractivity contribution in [1.29, 1.82) is 0 Å². The molecule has 1 amide bonds. The van der Waals surface area contributed by atoms with Gasteiger partial charge in [0.05, 0.1) is 10.7 Å². The van der Waals surface area contributed by atoms with Crippen LogP contribution in [0.1, 0.15) is 28.2 Å². The summed E-state index contributed by atoms with van der Waals surface area (Å²) in [6, 6.07) is 7.06. The third kappa shape index (κ3) is 3.32. The number of aliphatic carboxylic acids is 1. The van der Waals surface area contributed by atoms with Crippen LogP contribution in [0.15, 0.2) is 29.6 Å². The van der Waals surface area contributed by atoms with Crippen LogP contribution in [-0.2, 0) is 9.53 Å². The topological polar surface area (TPSA) is 88.5 Å². The summed E-state index contributed by atoms with van der Waals surface area (Å²) >= 11 is 1.54. The van der Waals surface area contributed by atoms with E-state index in [9.17, 15) is 14.7 Å². The van der Waals surface area contributed by atoms with Crippen molar-refractivity contribution >= 4 is 23.2 Å². The Morgan fingerprint density at radius 2 is 2.08 bits per heavy atom. The van der Waals surface area contributed by atoms with Gasteiger partial charge in [0.25, 0.3) is 5.91 Å². The molecule has 6 nitrogen and oxygen atoms in total. The molecule has 7 heteroatoms. The third-order valence-corrected chi connectivity index (χ3v) is 4.92. The van der Waals surface area contributed by atoms with Crippen LogP contribution >= 0.6 is 11.3 Å². The lowest BCUT2D eigenvalue weighted by Crippen LogP contribution is -2.57. The van der Waals surface area contributed by atoms with E-state index in [0.717, 1.165) is 16.3 Å². The molecule has 24 heavy (non-hydrogen) atoms. The molecule has 2 heterocycles. The number of benzene rings is 1. The molecule has 0 saturated carbocycles. The summed E-state index contributed by atoms with van der Waals surface area (Å²) in [6.45, 7) is 2.57. The number of thiazole rings is 1. The van der Waals surface area contributed by atoms with Gasteiger partial charge < -0.3 is 15.2 Å². The van der Waals surface area contributed by atoms with Crippen LogP contribution in [0.2, 0.25) is 0 Å². The molecule has 0 aliphatic carbocycles. The highest BCUT2D eigenvalue weighted by molar-refractivity contribution is 7.09. The summed E-state index contributed by atoms with van der Waals surface area (Å²) in [5.74, 6) is -1.42. The van der Waals surface area contributed by atoms with Crippen LogP contribution < -0.4 is 5.32 Å². The van der Waals surface area contributed by atoms with E-state index in [1.165, 1.54) is 0 Å². The van der Waals surface area contributed by atoms with Crippen LogP contribution in [0.3, 0.4) is 0 Å². The Kier molecular flexibility index (Phi) is 4.64. The second kappa shape index (κ2) is 6.70. The highest BCUT2D eigenvalue weighted by Crippen LogP contribution is 2.24. The normalized spacial score (nSPS) is 16.5. The number of aryl methyl sites for hydroxylation is 1. The molecule has 1 aliphatic rings.